The molecule has 0 aromatic carbocycles. The fourth-order valence-electron chi connectivity index (χ4n) is 3.18. The van der Waals surface area contributed by atoms with Crippen molar-refractivity contribution in [1.29, 1.82) is 0 Å². The first-order valence-electron chi connectivity index (χ1n) is 8.46. The molecule has 0 bridgehead atoms. The Labute approximate surface area is 140 Å². The molecule has 128 valence electrons. The first-order valence-corrected chi connectivity index (χ1v) is 8.46. The number of hydrogen-bond donors (Lipinski definition) is 3. The molecular formula is C17H23N5O2. The summed E-state index contributed by atoms with van der Waals surface area (Å²) in [6, 6.07) is 1.84. The molecule has 24 heavy (non-hydrogen) atoms. The van der Waals surface area contributed by atoms with Gasteiger partial charge in [-0.2, -0.15) is 5.10 Å². The Morgan fingerprint density at radius 3 is 2.79 bits per heavy atom. The third kappa shape index (κ3) is 3.72. The summed E-state index contributed by atoms with van der Waals surface area (Å²) in [6.07, 6.45) is 7.38. The van der Waals surface area contributed by atoms with E-state index in [2.05, 4.69) is 25.5 Å². The maximum atomic E-state index is 12.3. The van der Waals surface area contributed by atoms with Gasteiger partial charge in [-0.15, -0.1) is 0 Å². The Hall–Kier alpha value is -2.44. The van der Waals surface area contributed by atoms with Gasteiger partial charge in [-0.05, 0) is 26.2 Å². The minimum atomic E-state index is -0.546. The molecule has 1 aliphatic rings. The standard InChI is InChI=1S/C17H23N5O2/c1-10-11(2)19-16(23)15(18-10)17(24)20-14-9-13(21-22-14)8-12-6-4-3-5-7-12/h9,12H,3-8H2,1-2H3,(H,19,23)(H2,20,21,22,24). The molecule has 0 atom stereocenters. The van der Waals surface area contributed by atoms with Crippen molar-refractivity contribution in [2.75, 3.05) is 5.32 Å². The first-order chi connectivity index (χ1) is 11.5. The molecule has 0 radical (unpaired) electrons. The van der Waals surface area contributed by atoms with Crippen LogP contribution in [0.4, 0.5) is 5.82 Å². The summed E-state index contributed by atoms with van der Waals surface area (Å²) in [4.78, 5) is 30.8. The maximum Gasteiger partial charge on any atom is 0.281 e. The number of anilines is 1. The first kappa shape index (κ1) is 16.4. The average molecular weight is 329 g/mol. The summed E-state index contributed by atoms with van der Waals surface area (Å²) in [5, 5.41) is 9.73. The van der Waals surface area contributed by atoms with E-state index < -0.39 is 11.5 Å². The van der Waals surface area contributed by atoms with Crippen LogP contribution in [0.3, 0.4) is 0 Å². The largest absolute Gasteiger partial charge is 0.323 e. The number of nitrogens with zero attached hydrogens (tertiary/aromatic N) is 2. The topological polar surface area (TPSA) is 104 Å². The van der Waals surface area contributed by atoms with Gasteiger partial charge in [-0.25, -0.2) is 4.98 Å². The van der Waals surface area contributed by atoms with Gasteiger partial charge in [0.05, 0.1) is 5.69 Å². The number of aryl methyl sites for hydroxylation is 2. The number of hydrogen-bond acceptors (Lipinski definition) is 4. The highest BCUT2D eigenvalue weighted by molar-refractivity contribution is 6.02. The lowest BCUT2D eigenvalue weighted by molar-refractivity contribution is 0.102. The number of rotatable bonds is 4. The van der Waals surface area contributed by atoms with Crippen molar-refractivity contribution in [3.05, 3.63) is 39.2 Å². The van der Waals surface area contributed by atoms with Crippen molar-refractivity contribution in [1.82, 2.24) is 20.2 Å². The van der Waals surface area contributed by atoms with Gasteiger partial charge < -0.3 is 10.3 Å². The van der Waals surface area contributed by atoms with Crippen molar-refractivity contribution in [2.45, 2.75) is 52.4 Å². The van der Waals surface area contributed by atoms with E-state index in [-0.39, 0.29) is 5.69 Å². The lowest BCUT2D eigenvalue weighted by Gasteiger charge is -2.20. The van der Waals surface area contributed by atoms with Gasteiger partial charge in [0.15, 0.2) is 11.5 Å². The fraction of sp³-hybridized carbons (Fsp3) is 0.529. The van der Waals surface area contributed by atoms with Crippen LogP contribution in [0.15, 0.2) is 10.9 Å². The van der Waals surface area contributed by atoms with E-state index in [4.69, 9.17) is 0 Å². The van der Waals surface area contributed by atoms with E-state index in [0.29, 0.717) is 23.1 Å². The summed E-state index contributed by atoms with van der Waals surface area (Å²) in [5.41, 5.74) is 1.66. The highest BCUT2D eigenvalue weighted by Gasteiger charge is 2.18. The molecule has 2 aromatic rings. The number of H-pyrrole nitrogens is 2. The van der Waals surface area contributed by atoms with Gasteiger partial charge in [-0.1, -0.05) is 32.1 Å². The van der Waals surface area contributed by atoms with E-state index in [1.54, 1.807) is 13.8 Å². The van der Waals surface area contributed by atoms with E-state index in [1.807, 2.05) is 6.07 Å². The number of aromatic amines is 2. The maximum absolute atomic E-state index is 12.3. The smallest absolute Gasteiger partial charge is 0.281 e. The zero-order chi connectivity index (χ0) is 17.1. The number of carbonyl (C=O) groups excluding carboxylic acids is 1. The molecule has 7 nitrogen and oxygen atoms in total. The fourth-order valence-corrected chi connectivity index (χ4v) is 3.18. The molecule has 1 aliphatic carbocycles. The normalized spacial score (nSPS) is 15.4. The number of carbonyl (C=O) groups is 1. The molecule has 3 rings (SSSR count). The molecule has 2 heterocycles. The quantitative estimate of drug-likeness (QED) is 0.801. The lowest BCUT2D eigenvalue weighted by atomic mass is 9.86. The Morgan fingerprint density at radius 2 is 2.04 bits per heavy atom. The minimum absolute atomic E-state index is 0.144. The second kappa shape index (κ2) is 6.98. The van der Waals surface area contributed by atoms with E-state index in [0.717, 1.165) is 12.1 Å². The monoisotopic (exact) mass is 329 g/mol. The number of nitrogens with one attached hydrogen (secondary N) is 3. The molecular weight excluding hydrogens is 306 g/mol. The van der Waals surface area contributed by atoms with Crippen LogP contribution in [0, 0.1) is 19.8 Å². The molecule has 2 aromatic heterocycles. The van der Waals surface area contributed by atoms with Crippen molar-refractivity contribution in [3.8, 4) is 0 Å². The Bertz CT molecular complexity index is 787. The Kier molecular flexibility index (Phi) is 4.78. The SMILES string of the molecule is Cc1nc(C(=O)Nc2cc(CC3CCCCC3)[nH]n2)c(=O)[nH]c1C. The van der Waals surface area contributed by atoms with Crippen molar-refractivity contribution < 1.29 is 4.79 Å². The van der Waals surface area contributed by atoms with Crippen molar-refractivity contribution in [3.63, 3.8) is 0 Å². The van der Waals surface area contributed by atoms with Gasteiger partial charge in [0.2, 0.25) is 0 Å². The molecule has 1 fully saturated rings. The van der Waals surface area contributed by atoms with E-state index in [1.165, 1.54) is 32.1 Å². The van der Waals surface area contributed by atoms with Crippen LogP contribution in [0.5, 0.6) is 0 Å². The van der Waals surface area contributed by atoms with Crippen molar-refractivity contribution in [2.24, 2.45) is 5.92 Å². The molecule has 3 N–H and O–H groups in total. The van der Waals surface area contributed by atoms with Crippen LogP contribution in [0.1, 0.15) is 59.7 Å². The average Bonchev–Trinajstić information content (AvgIpc) is 2.98. The van der Waals surface area contributed by atoms with E-state index in [9.17, 15) is 9.59 Å². The molecule has 0 aliphatic heterocycles. The van der Waals surface area contributed by atoms with Gasteiger partial charge >= 0.3 is 0 Å². The second-order valence-electron chi connectivity index (χ2n) is 6.57. The Balaban J connectivity index is 1.67. The molecule has 0 unspecified atom stereocenters. The van der Waals surface area contributed by atoms with E-state index >= 15 is 0 Å². The van der Waals surface area contributed by atoms with Crippen LogP contribution in [0.2, 0.25) is 0 Å². The van der Waals surface area contributed by atoms with Crippen molar-refractivity contribution >= 4 is 11.7 Å². The highest BCUT2D eigenvalue weighted by Crippen LogP contribution is 2.26. The van der Waals surface area contributed by atoms with Gasteiger partial charge in [0, 0.05) is 17.5 Å². The molecule has 7 heteroatoms. The van der Waals surface area contributed by atoms with Crippen LogP contribution >= 0.6 is 0 Å². The predicted octanol–water partition coefficient (Wildman–Crippen LogP) is 2.48. The van der Waals surface area contributed by atoms with Crippen LogP contribution in [-0.4, -0.2) is 26.1 Å². The van der Waals surface area contributed by atoms with Crippen LogP contribution in [-0.2, 0) is 6.42 Å². The Morgan fingerprint density at radius 1 is 1.29 bits per heavy atom. The lowest BCUT2D eigenvalue weighted by Crippen LogP contribution is -2.26. The van der Waals surface area contributed by atoms with Crippen LogP contribution < -0.4 is 10.9 Å². The zero-order valence-corrected chi connectivity index (χ0v) is 14.1. The molecule has 1 amide bonds. The molecule has 0 spiro atoms. The van der Waals surface area contributed by atoms with Gasteiger partial charge in [-0.3, -0.25) is 14.7 Å². The van der Waals surface area contributed by atoms with Crippen LogP contribution in [0.25, 0.3) is 0 Å². The summed E-state index contributed by atoms with van der Waals surface area (Å²) in [6.45, 7) is 3.50. The summed E-state index contributed by atoms with van der Waals surface area (Å²) in [5.74, 6) is 0.562. The molecule has 0 saturated heterocycles. The number of amides is 1. The minimum Gasteiger partial charge on any atom is -0.323 e. The third-order valence-electron chi connectivity index (χ3n) is 4.66. The zero-order valence-electron chi connectivity index (χ0n) is 14.1. The predicted molar refractivity (Wildman–Crippen MR) is 91.2 cm³/mol. The highest BCUT2D eigenvalue weighted by atomic mass is 16.2. The number of aromatic nitrogens is 4. The van der Waals surface area contributed by atoms with Gasteiger partial charge in [0.1, 0.15) is 0 Å². The summed E-state index contributed by atoms with van der Waals surface area (Å²) < 4.78 is 0. The second-order valence-corrected chi connectivity index (χ2v) is 6.57. The van der Waals surface area contributed by atoms with Gasteiger partial charge in [0.25, 0.3) is 11.5 Å². The summed E-state index contributed by atoms with van der Waals surface area (Å²) in [7, 11) is 0. The summed E-state index contributed by atoms with van der Waals surface area (Å²) >= 11 is 0. The third-order valence-corrected chi connectivity index (χ3v) is 4.66. The molecule has 1 saturated carbocycles.